The van der Waals surface area contributed by atoms with Crippen molar-refractivity contribution >= 4 is 18.3 Å². The van der Waals surface area contributed by atoms with Crippen LogP contribution in [0.15, 0.2) is 60.7 Å². The van der Waals surface area contributed by atoms with Gasteiger partial charge in [-0.3, -0.25) is 4.79 Å². The molecular formula is C20H27ClN2O2. The van der Waals surface area contributed by atoms with Crippen molar-refractivity contribution < 1.29 is 9.53 Å². The molecule has 0 radical (unpaired) electrons. The summed E-state index contributed by atoms with van der Waals surface area (Å²) < 4.78 is 5.74. The molecule has 0 spiro atoms. The third-order valence-corrected chi connectivity index (χ3v) is 3.91. The van der Waals surface area contributed by atoms with Crippen molar-refractivity contribution in [1.82, 2.24) is 4.90 Å². The summed E-state index contributed by atoms with van der Waals surface area (Å²) in [5, 5.41) is 0. The molecule has 1 amide bonds. The molecule has 2 N–H and O–H groups in total. The number of benzene rings is 2. The van der Waals surface area contributed by atoms with Crippen molar-refractivity contribution in [1.29, 1.82) is 0 Å². The smallest absolute Gasteiger partial charge is 0.251 e. The van der Waals surface area contributed by atoms with Gasteiger partial charge >= 0.3 is 0 Å². The Balaban J connectivity index is 0.00000312. The van der Waals surface area contributed by atoms with Crippen LogP contribution in [0.5, 0.6) is 0 Å². The molecule has 0 aromatic heterocycles. The van der Waals surface area contributed by atoms with Crippen LogP contribution in [0, 0.1) is 0 Å². The number of carbonyl (C=O) groups excluding carboxylic acids is 1. The number of carbonyl (C=O) groups is 1. The van der Waals surface area contributed by atoms with Crippen molar-refractivity contribution in [2.75, 3.05) is 19.6 Å². The molecule has 0 heterocycles. The first-order valence-corrected chi connectivity index (χ1v) is 8.39. The van der Waals surface area contributed by atoms with Crippen molar-refractivity contribution in [2.24, 2.45) is 5.73 Å². The van der Waals surface area contributed by atoms with E-state index in [0.29, 0.717) is 26.2 Å². The molecule has 136 valence electrons. The van der Waals surface area contributed by atoms with E-state index in [1.54, 1.807) is 11.8 Å². The Bertz CT molecular complexity index is 608. The van der Waals surface area contributed by atoms with Crippen molar-refractivity contribution in [3.05, 3.63) is 71.8 Å². The summed E-state index contributed by atoms with van der Waals surface area (Å²) in [6, 6.07) is 20.0. The summed E-state index contributed by atoms with van der Waals surface area (Å²) in [6.45, 7) is 3.88. The van der Waals surface area contributed by atoms with E-state index in [-0.39, 0.29) is 18.3 Å². The molecule has 5 heteroatoms. The van der Waals surface area contributed by atoms with Gasteiger partial charge in [0.1, 0.15) is 6.10 Å². The molecule has 25 heavy (non-hydrogen) atoms. The minimum absolute atomic E-state index is 0. The van der Waals surface area contributed by atoms with Crippen LogP contribution < -0.4 is 5.73 Å². The number of amides is 1. The summed E-state index contributed by atoms with van der Waals surface area (Å²) >= 11 is 0. The number of nitrogens with two attached hydrogens (primary N) is 1. The molecule has 0 saturated heterocycles. The van der Waals surface area contributed by atoms with E-state index < -0.39 is 6.10 Å². The van der Waals surface area contributed by atoms with Gasteiger partial charge in [0, 0.05) is 19.6 Å². The van der Waals surface area contributed by atoms with Gasteiger partial charge in [-0.15, -0.1) is 12.4 Å². The van der Waals surface area contributed by atoms with Gasteiger partial charge in [0.05, 0.1) is 6.61 Å². The number of hydrogen-bond acceptors (Lipinski definition) is 3. The lowest BCUT2D eigenvalue weighted by molar-refractivity contribution is -0.143. The lowest BCUT2D eigenvalue weighted by atomic mass is 10.1. The van der Waals surface area contributed by atoms with Crippen LogP contribution in [0.3, 0.4) is 0 Å². The van der Waals surface area contributed by atoms with Crippen LogP contribution >= 0.6 is 12.4 Å². The van der Waals surface area contributed by atoms with Gasteiger partial charge in [0.15, 0.2) is 0 Å². The monoisotopic (exact) mass is 362 g/mol. The molecular weight excluding hydrogens is 336 g/mol. The Morgan fingerprint density at radius 1 is 1.00 bits per heavy atom. The van der Waals surface area contributed by atoms with Crippen LogP contribution in [0.25, 0.3) is 0 Å². The van der Waals surface area contributed by atoms with Gasteiger partial charge in [-0.25, -0.2) is 0 Å². The third-order valence-electron chi connectivity index (χ3n) is 3.91. The summed E-state index contributed by atoms with van der Waals surface area (Å²) in [4.78, 5) is 14.4. The highest BCUT2D eigenvalue weighted by atomic mass is 35.5. The van der Waals surface area contributed by atoms with Gasteiger partial charge in [-0.1, -0.05) is 60.7 Å². The van der Waals surface area contributed by atoms with Gasteiger partial charge < -0.3 is 15.4 Å². The Morgan fingerprint density at radius 2 is 1.56 bits per heavy atom. The summed E-state index contributed by atoms with van der Waals surface area (Å²) in [7, 11) is 0. The molecule has 0 bridgehead atoms. The summed E-state index contributed by atoms with van der Waals surface area (Å²) in [5.74, 6) is -0.00712. The molecule has 0 aliphatic heterocycles. The largest absolute Gasteiger partial charge is 0.364 e. The van der Waals surface area contributed by atoms with E-state index in [0.717, 1.165) is 12.0 Å². The van der Waals surface area contributed by atoms with Gasteiger partial charge in [0.2, 0.25) is 0 Å². The zero-order valence-corrected chi connectivity index (χ0v) is 15.5. The highest BCUT2D eigenvalue weighted by Crippen LogP contribution is 2.07. The second-order valence-electron chi connectivity index (χ2n) is 5.79. The molecule has 1 unspecified atom stereocenters. The van der Waals surface area contributed by atoms with Crippen LogP contribution in [-0.4, -0.2) is 36.5 Å². The van der Waals surface area contributed by atoms with Crippen molar-refractivity contribution in [3.8, 4) is 0 Å². The predicted molar refractivity (Wildman–Crippen MR) is 104 cm³/mol. The van der Waals surface area contributed by atoms with Crippen LogP contribution in [-0.2, 0) is 22.6 Å². The minimum Gasteiger partial charge on any atom is -0.364 e. The van der Waals surface area contributed by atoms with E-state index in [4.69, 9.17) is 10.5 Å². The fourth-order valence-corrected chi connectivity index (χ4v) is 2.52. The summed E-state index contributed by atoms with van der Waals surface area (Å²) in [6.07, 6.45) is 0.338. The van der Waals surface area contributed by atoms with E-state index in [1.807, 2.05) is 48.5 Å². The fraction of sp³-hybridized carbons (Fsp3) is 0.350. The first kappa shape index (κ1) is 21.2. The van der Waals surface area contributed by atoms with Crippen LogP contribution in [0.2, 0.25) is 0 Å². The lowest BCUT2D eigenvalue weighted by Gasteiger charge is -2.25. The topological polar surface area (TPSA) is 55.6 Å². The van der Waals surface area contributed by atoms with Crippen LogP contribution in [0.4, 0.5) is 0 Å². The number of rotatable bonds is 9. The van der Waals surface area contributed by atoms with Gasteiger partial charge in [0.25, 0.3) is 5.91 Å². The molecule has 0 aliphatic carbocycles. The highest BCUT2D eigenvalue weighted by molar-refractivity contribution is 5.85. The standard InChI is InChI=1S/C20H26N2O2.ClH/c1-17(24-16-19-10-6-3-7-11-19)20(23)22(15-13-21)14-12-18-8-4-2-5-9-18;/h2-11,17H,12-16,21H2,1H3;1H. The minimum atomic E-state index is -0.479. The zero-order chi connectivity index (χ0) is 17.2. The molecule has 0 fully saturated rings. The SMILES string of the molecule is CC(OCc1ccccc1)C(=O)N(CCN)CCc1ccccc1.Cl. The second kappa shape index (κ2) is 11.6. The quantitative estimate of drug-likeness (QED) is 0.746. The lowest BCUT2D eigenvalue weighted by Crippen LogP contribution is -2.42. The Kier molecular flexibility index (Phi) is 9.85. The molecule has 2 aromatic carbocycles. The second-order valence-corrected chi connectivity index (χ2v) is 5.79. The Hall–Kier alpha value is -1.88. The molecule has 0 aliphatic rings. The maximum atomic E-state index is 12.6. The number of halogens is 1. The molecule has 1 atom stereocenters. The average molecular weight is 363 g/mol. The fourth-order valence-electron chi connectivity index (χ4n) is 2.52. The van der Waals surface area contributed by atoms with Crippen molar-refractivity contribution in [2.45, 2.75) is 26.1 Å². The summed E-state index contributed by atoms with van der Waals surface area (Å²) in [5.41, 5.74) is 7.94. The van der Waals surface area contributed by atoms with Gasteiger partial charge in [-0.2, -0.15) is 0 Å². The highest BCUT2D eigenvalue weighted by Gasteiger charge is 2.20. The molecule has 2 aromatic rings. The van der Waals surface area contributed by atoms with E-state index in [9.17, 15) is 4.79 Å². The number of nitrogens with zero attached hydrogens (tertiary/aromatic N) is 1. The maximum Gasteiger partial charge on any atom is 0.251 e. The average Bonchev–Trinajstić information content (AvgIpc) is 2.64. The maximum absolute atomic E-state index is 12.6. The Labute approximate surface area is 156 Å². The third kappa shape index (κ3) is 7.26. The number of hydrogen-bond donors (Lipinski definition) is 1. The Morgan fingerprint density at radius 3 is 2.12 bits per heavy atom. The first-order chi connectivity index (χ1) is 11.7. The first-order valence-electron chi connectivity index (χ1n) is 8.39. The number of ether oxygens (including phenoxy) is 1. The van der Waals surface area contributed by atoms with Crippen LogP contribution in [0.1, 0.15) is 18.1 Å². The predicted octanol–water partition coefficient (Wildman–Crippen LogP) is 3.04. The molecule has 4 nitrogen and oxygen atoms in total. The molecule has 2 rings (SSSR count). The van der Waals surface area contributed by atoms with E-state index in [1.165, 1.54) is 5.56 Å². The zero-order valence-electron chi connectivity index (χ0n) is 14.6. The molecule has 0 saturated carbocycles. The van der Waals surface area contributed by atoms with E-state index in [2.05, 4.69) is 12.1 Å². The van der Waals surface area contributed by atoms with Gasteiger partial charge in [-0.05, 0) is 24.5 Å². The van der Waals surface area contributed by atoms with E-state index >= 15 is 0 Å². The van der Waals surface area contributed by atoms with Crippen molar-refractivity contribution in [3.63, 3.8) is 0 Å². The normalized spacial score (nSPS) is 11.4.